The van der Waals surface area contributed by atoms with Gasteiger partial charge >= 0.3 is 0 Å². The lowest BCUT2D eigenvalue weighted by Gasteiger charge is -2.13. The first-order valence-electron chi connectivity index (χ1n) is 7.65. The number of nitrogens with one attached hydrogen (secondary N) is 1. The van der Waals surface area contributed by atoms with E-state index in [-0.39, 0.29) is 18.4 Å². The molecular formula is C18H19N3O3. The molecule has 2 aromatic heterocycles. The summed E-state index contributed by atoms with van der Waals surface area (Å²) in [5.41, 5.74) is 3.05. The van der Waals surface area contributed by atoms with Crippen LogP contribution in [-0.4, -0.2) is 41.9 Å². The molecule has 2 amide bonds. The summed E-state index contributed by atoms with van der Waals surface area (Å²) in [6, 6.07) is 13.4. The summed E-state index contributed by atoms with van der Waals surface area (Å²) in [5, 5.41) is 2.66. The predicted molar refractivity (Wildman–Crippen MR) is 90.8 cm³/mol. The number of rotatable bonds is 5. The third-order valence-electron chi connectivity index (χ3n) is 3.84. The van der Waals surface area contributed by atoms with Crippen LogP contribution in [0.1, 0.15) is 16.1 Å². The standard InChI is InChI=1S/C18H19N3O3/c1-20(2)17(22)11-19-18(23)15-10-16-14(8-9-24-16)21(15)12-13-6-4-3-5-7-13/h3-10H,11-12H2,1-2H3,(H,19,23). The molecule has 0 saturated heterocycles. The fourth-order valence-corrected chi connectivity index (χ4v) is 2.51. The van der Waals surface area contributed by atoms with Crippen molar-refractivity contribution in [1.82, 2.24) is 14.8 Å². The highest BCUT2D eigenvalue weighted by Crippen LogP contribution is 2.22. The summed E-state index contributed by atoms with van der Waals surface area (Å²) in [6.45, 7) is 0.512. The van der Waals surface area contributed by atoms with E-state index < -0.39 is 0 Å². The number of benzene rings is 1. The fraction of sp³-hybridized carbons (Fsp3) is 0.222. The van der Waals surface area contributed by atoms with Crippen molar-refractivity contribution in [3.8, 4) is 0 Å². The molecule has 0 unspecified atom stereocenters. The zero-order valence-corrected chi connectivity index (χ0v) is 13.7. The first-order valence-corrected chi connectivity index (χ1v) is 7.65. The number of furan rings is 1. The van der Waals surface area contributed by atoms with Gasteiger partial charge in [0.05, 0.1) is 18.3 Å². The molecule has 3 aromatic rings. The van der Waals surface area contributed by atoms with E-state index in [1.807, 2.05) is 41.0 Å². The Kier molecular flexibility index (Phi) is 4.37. The van der Waals surface area contributed by atoms with Gasteiger partial charge in [0.15, 0.2) is 5.58 Å². The second kappa shape index (κ2) is 6.62. The van der Waals surface area contributed by atoms with Gasteiger partial charge in [-0.05, 0) is 5.56 Å². The third-order valence-corrected chi connectivity index (χ3v) is 3.84. The van der Waals surface area contributed by atoms with Crippen LogP contribution in [0.15, 0.2) is 53.1 Å². The molecule has 124 valence electrons. The van der Waals surface area contributed by atoms with E-state index in [0.29, 0.717) is 17.8 Å². The lowest BCUT2D eigenvalue weighted by Crippen LogP contribution is -2.37. The van der Waals surface area contributed by atoms with Crippen LogP contribution >= 0.6 is 0 Å². The summed E-state index contributed by atoms with van der Waals surface area (Å²) in [7, 11) is 3.31. The van der Waals surface area contributed by atoms with E-state index >= 15 is 0 Å². The van der Waals surface area contributed by atoms with Crippen molar-refractivity contribution in [3.63, 3.8) is 0 Å². The Morgan fingerprint density at radius 2 is 1.92 bits per heavy atom. The van der Waals surface area contributed by atoms with E-state index in [2.05, 4.69) is 5.32 Å². The van der Waals surface area contributed by atoms with Gasteiger partial charge in [0.2, 0.25) is 5.91 Å². The Labute approximate surface area is 139 Å². The molecule has 0 atom stereocenters. The highest BCUT2D eigenvalue weighted by molar-refractivity contribution is 5.99. The van der Waals surface area contributed by atoms with Gasteiger partial charge in [-0.15, -0.1) is 0 Å². The zero-order chi connectivity index (χ0) is 17.1. The van der Waals surface area contributed by atoms with E-state index in [4.69, 9.17) is 4.42 Å². The highest BCUT2D eigenvalue weighted by Gasteiger charge is 2.18. The number of amides is 2. The summed E-state index contributed by atoms with van der Waals surface area (Å²) in [6.07, 6.45) is 1.60. The van der Waals surface area contributed by atoms with Gasteiger partial charge in [-0.25, -0.2) is 0 Å². The van der Waals surface area contributed by atoms with Crippen LogP contribution in [-0.2, 0) is 11.3 Å². The van der Waals surface area contributed by atoms with E-state index in [1.54, 1.807) is 26.4 Å². The average Bonchev–Trinajstić information content (AvgIpc) is 3.16. The van der Waals surface area contributed by atoms with Crippen molar-refractivity contribution in [1.29, 1.82) is 0 Å². The van der Waals surface area contributed by atoms with Crippen LogP contribution in [0.3, 0.4) is 0 Å². The Hall–Kier alpha value is -3.02. The SMILES string of the molecule is CN(C)C(=O)CNC(=O)c1cc2occc2n1Cc1ccccc1. The maximum Gasteiger partial charge on any atom is 0.268 e. The monoisotopic (exact) mass is 325 g/mol. The number of fused-ring (bicyclic) bond motifs is 1. The summed E-state index contributed by atoms with van der Waals surface area (Å²) in [5.74, 6) is -0.458. The molecule has 0 spiro atoms. The van der Waals surface area contributed by atoms with Crippen molar-refractivity contribution in [3.05, 3.63) is 60.0 Å². The molecule has 0 bridgehead atoms. The molecule has 6 heteroatoms. The molecule has 6 nitrogen and oxygen atoms in total. The van der Waals surface area contributed by atoms with Gasteiger partial charge in [0.25, 0.3) is 5.91 Å². The summed E-state index contributed by atoms with van der Waals surface area (Å²) in [4.78, 5) is 25.6. The molecule has 2 heterocycles. The van der Waals surface area contributed by atoms with Crippen molar-refractivity contribution in [2.75, 3.05) is 20.6 Å². The second-order valence-electron chi connectivity index (χ2n) is 5.74. The number of likely N-dealkylation sites (N-methyl/N-ethyl adjacent to an activating group) is 1. The first-order chi connectivity index (χ1) is 11.6. The van der Waals surface area contributed by atoms with Crippen LogP contribution < -0.4 is 5.32 Å². The lowest BCUT2D eigenvalue weighted by molar-refractivity contribution is -0.127. The zero-order valence-electron chi connectivity index (χ0n) is 13.7. The van der Waals surface area contributed by atoms with Crippen LogP contribution in [0.25, 0.3) is 11.1 Å². The van der Waals surface area contributed by atoms with Gasteiger partial charge in [-0.3, -0.25) is 9.59 Å². The Balaban J connectivity index is 1.87. The van der Waals surface area contributed by atoms with E-state index in [0.717, 1.165) is 11.1 Å². The summed E-state index contributed by atoms with van der Waals surface area (Å²) < 4.78 is 7.31. The molecule has 0 aliphatic carbocycles. The van der Waals surface area contributed by atoms with Crippen LogP contribution in [0.4, 0.5) is 0 Å². The first kappa shape index (κ1) is 15.9. The molecule has 0 fully saturated rings. The van der Waals surface area contributed by atoms with Gasteiger partial charge < -0.3 is 19.2 Å². The minimum Gasteiger partial charge on any atom is -0.463 e. The smallest absolute Gasteiger partial charge is 0.268 e. The third kappa shape index (κ3) is 3.17. The normalized spacial score (nSPS) is 10.8. The van der Waals surface area contributed by atoms with Crippen LogP contribution in [0, 0.1) is 0 Å². The number of hydrogen-bond acceptors (Lipinski definition) is 3. The Morgan fingerprint density at radius 3 is 2.62 bits per heavy atom. The maximum atomic E-state index is 12.5. The van der Waals surface area contributed by atoms with E-state index in [1.165, 1.54) is 4.90 Å². The molecule has 0 radical (unpaired) electrons. The van der Waals surface area contributed by atoms with Crippen molar-refractivity contribution >= 4 is 22.9 Å². The second-order valence-corrected chi connectivity index (χ2v) is 5.74. The highest BCUT2D eigenvalue weighted by atomic mass is 16.3. The van der Waals surface area contributed by atoms with E-state index in [9.17, 15) is 9.59 Å². The number of aromatic nitrogens is 1. The van der Waals surface area contributed by atoms with Gasteiger partial charge in [0.1, 0.15) is 5.69 Å². The number of carbonyl (C=O) groups is 2. The maximum absolute atomic E-state index is 12.5. The molecule has 1 N–H and O–H groups in total. The number of carbonyl (C=O) groups excluding carboxylic acids is 2. The Morgan fingerprint density at radius 1 is 1.17 bits per heavy atom. The lowest BCUT2D eigenvalue weighted by atomic mass is 10.2. The van der Waals surface area contributed by atoms with Crippen molar-refractivity contribution in [2.45, 2.75) is 6.54 Å². The van der Waals surface area contributed by atoms with Crippen LogP contribution in [0.5, 0.6) is 0 Å². The van der Waals surface area contributed by atoms with Gasteiger partial charge in [0, 0.05) is 32.8 Å². The molecular weight excluding hydrogens is 306 g/mol. The molecule has 0 aliphatic heterocycles. The van der Waals surface area contributed by atoms with Crippen LogP contribution in [0.2, 0.25) is 0 Å². The van der Waals surface area contributed by atoms with Crippen molar-refractivity contribution < 1.29 is 14.0 Å². The molecule has 0 saturated carbocycles. The van der Waals surface area contributed by atoms with Gasteiger partial charge in [-0.2, -0.15) is 0 Å². The minimum atomic E-state index is -0.299. The minimum absolute atomic E-state index is 0.0380. The van der Waals surface area contributed by atoms with Gasteiger partial charge in [-0.1, -0.05) is 30.3 Å². The number of nitrogens with zero attached hydrogens (tertiary/aromatic N) is 2. The van der Waals surface area contributed by atoms with Crippen molar-refractivity contribution in [2.24, 2.45) is 0 Å². The molecule has 0 aliphatic rings. The average molecular weight is 325 g/mol. The molecule has 3 rings (SSSR count). The largest absolute Gasteiger partial charge is 0.463 e. The topological polar surface area (TPSA) is 67.5 Å². The quantitative estimate of drug-likeness (QED) is 0.781. The summed E-state index contributed by atoms with van der Waals surface area (Å²) >= 11 is 0. The number of hydrogen-bond donors (Lipinski definition) is 1. The predicted octanol–water partition coefficient (Wildman–Crippen LogP) is 2.10. The molecule has 24 heavy (non-hydrogen) atoms. The Bertz CT molecular complexity index is 862. The molecule has 1 aromatic carbocycles. The fourth-order valence-electron chi connectivity index (χ4n) is 2.51.